The lowest BCUT2D eigenvalue weighted by molar-refractivity contribution is 0.0699. The van der Waals surface area contributed by atoms with Gasteiger partial charge in [-0.25, -0.2) is 9.78 Å². The number of hydrogen-bond acceptors (Lipinski definition) is 2. The predicted octanol–water partition coefficient (Wildman–Crippen LogP) is 3.34. The largest absolute Gasteiger partial charge is 0.478 e. The van der Waals surface area contributed by atoms with E-state index < -0.39 is 5.97 Å². The first kappa shape index (κ1) is 11.0. The van der Waals surface area contributed by atoms with Crippen LogP contribution in [0.3, 0.4) is 0 Å². The van der Waals surface area contributed by atoms with Crippen LogP contribution in [0.25, 0.3) is 11.0 Å². The summed E-state index contributed by atoms with van der Waals surface area (Å²) in [6.45, 7) is 0. The molecule has 2 fully saturated rings. The molecule has 2 saturated carbocycles. The Morgan fingerprint density at radius 1 is 1.26 bits per heavy atom. The van der Waals surface area contributed by atoms with E-state index in [1.807, 2.05) is 12.1 Å². The van der Waals surface area contributed by atoms with Crippen molar-refractivity contribution in [3.05, 3.63) is 29.6 Å². The Kier molecular flexibility index (Phi) is 2.22. The van der Waals surface area contributed by atoms with Gasteiger partial charge in [0, 0.05) is 12.0 Å². The number of para-hydroxylation sites is 1. The first-order chi connectivity index (χ1) is 9.25. The molecular weight excluding hydrogens is 240 g/mol. The standard InChI is InChI=1S/C15H16N2O2/c18-15(19)11-5-2-6-12-13(11)16-14(9-7-8-9)17(12)10-3-1-4-10/h2,5-6,9-10H,1,3-4,7-8H2,(H,18,19). The minimum Gasteiger partial charge on any atom is -0.478 e. The van der Waals surface area contributed by atoms with Crippen molar-refractivity contribution in [3.8, 4) is 0 Å². The zero-order valence-electron chi connectivity index (χ0n) is 10.7. The quantitative estimate of drug-likeness (QED) is 0.916. The van der Waals surface area contributed by atoms with Crippen molar-refractivity contribution in [1.29, 1.82) is 0 Å². The second-order valence-electron chi connectivity index (χ2n) is 5.68. The van der Waals surface area contributed by atoms with Crippen molar-refractivity contribution < 1.29 is 9.90 Å². The number of aromatic nitrogens is 2. The Morgan fingerprint density at radius 2 is 2.05 bits per heavy atom. The fourth-order valence-electron chi connectivity index (χ4n) is 2.97. The maximum absolute atomic E-state index is 11.3. The molecule has 19 heavy (non-hydrogen) atoms. The molecule has 1 aromatic heterocycles. The second-order valence-corrected chi connectivity index (χ2v) is 5.68. The normalized spacial score (nSPS) is 19.6. The molecule has 0 saturated heterocycles. The lowest BCUT2D eigenvalue weighted by Crippen LogP contribution is -2.18. The van der Waals surface area contributed by atoms with E-state index in [1.165, 1.54) is 32.1 Å². The summed E-state index contributed by atoms with van der Waals surface area (Å²) < 4.78 is 2.32. The number of carboxylic acid groups (broad SMARTS) is 1. The molecule has 2 aliphatic rings. The molecule has 1 N–H and O–H groups in total. The number of imidazole rings is 1. The molecule has 0 atom stereocenters. The average molecular weight is 256 g/mol. The van der Waals surface area contributed by atoms with Crippen LogP contribution < -0.4 is 0 Å². The fraction of sp³-hybridized carbons (Fsp3) is 0.467. The molecule has 1 heterocycles. The van der Waals surface area contributed by atoms with Crippen LogP contribution in [0.5, 0.6) is 0 Å². The monoisotopic (exact) mass is 256 g/mol. The maximum atomic E-state index is 11.3. The van der Waals surface area contributed by atoms with Crippen LogP contribution in [0.15, 0.2) is 18.2 Å². The van der Waals surface area contributed by atoms with Crippen molar-refractivity contribution in [2.24, 2.45) is 0 Å². The summed E-state index contributed by atoms with van der Waals surface area (Å²) >= 11 is 0. The second kappa shape index (κ2) is 3.83. The number of aromatic carboxylic acids is 1. The molecule has 4 rings (SSSR count). The van der Waals surface area contributed by atoms with Crippen molar-refractivity contribution >= 4 is 17.0 Å². The van der Waals surface area contributed by atoms with Gasteiger partial charge in [0.05, 0.1) is 11.1 Å². The van der Waals surface area contributed by atoms with E-state index in [4.69, 9.17) is 0 Å². The highest BCUT2D eigenvalue weighted by molar-refractivity contribution is 6.01. The van der Waals surface area contributed by atoms with E-state index in [2.05, 4.69) is 9.55 Å². The van der Waals surface area contributed by atoms with Crippen LogP contribution in [-0.2, 0) is 0 Å². The Hall–Kier alpha value is -1.84. The molecule has 4 heteroatoms. The van der Waals surface area contributed by atoms with Crippen LogP contribution in [-0.4, -0.2) is 20.6 Å². The molecule has 2 aliphatic carbocycles. The van der Waals surface area contributed by atoms with Crippen LogP contribution in [0.4, 0.5) is 0 Å². The van der Waals surface area contributed by atoms with Crippen LogP contribution in [0.2, 0.25) is 0 Å². The van der Waals surface area contributed by atoms with Crippen LogP contribution >= 0.6 is 0 Å². The number of nitrogens with zero attached hydrogens (tertiary/aromatic N) is 2. The van der Waals surface area contributed by atoms with E-state index in [-0.39, 0.29) is 0 Å². The third-order valence-corrected chi connectivity index (χ3v) is 4.36. The predicted molar refractivity (Wildman–Crippen MR) is 71.6 cm³/mol. The molecule has 2 aromatic rings. The average Bonchev–Trinajstić information content (AvgIpc) is 3.10. The topological polar surface area (TPSA) is 55.1 Å². The van der Waals surface area contributed by atoms with Gasteiger partial charge in [-0.1, -0.05) is 6.07 Å². The number of fused-ring (bicyclic) bond motifs is 1. The van der Waals surface area contributed by atoms with E-state index >= 15 is 0 Å². The highest BCUT2D eigenvalue weighted by Gasteiger charge is 2.34. The first-order valence-corrected chi connectivity index (χ1v) is 7.00. The first-order valence-electron chi connectivity index (χ1n) is 7.00. The van der Waals surface area contributed by atoms with Crippen molar-refractivity contribution in [1.82, 2.24) is 9.55 Å². The van der Waals surface area contributed by atoms with E-state index in [0.29, 0.717) is 23.0 Å². The molecule has 0 bridgehead atoms. The summed E-state index contributed by atoms with van der Waals surface area (Å²) in [5, 5.41) is 9.30. The lowest BCUT2D eigenvalue weighted by Gasteiger charge is -2.29. The lowest BCUT2D eigenvalue weighted by atomic mass is 9.92. The van der Waals surface area contributed by atoms with Gasteiger partial charge in [-0.05, 0) is 44.2 Å². The van der Waals surface area contributed by atoms with Crippen molar-refractivity contribution in [2.75, 3.05) is 0 Å². The third-order valence-electron chi connectivity index (χ3n) is 4.36. The zero-order valence-corrected chi connectivity index (χ0v) is 10.7. The summed E-state index contributed by atoms with van der Waals surface area (Å²) in [6.07, 6.45) is 6.05. The van der Waals surface area contributed by atoms with Gasteiger partial charge in [0.1, 0.15) is 11.3 Å². The van der Waals surface area contributed by atoms with Crippen molar-refractivity contribution in [3.63, 3.8) is 0 Å². The highest BCUT2D eigenvalue weighted by atomic mass is 16.4. The van der Waals surface area contributed by atoms with E-state index in [1.54, 1.807) is 6.07 Å². The minimum atomic E-state index is -0.883. The molecule has 1 aromatic carbocycles. The van der Waals surface area contributed by atoms with Gasteiger partial charge in [-0.2, -0.15) is 0 Å². The summed E-state index contributed by atoms with van der Waals surface area (Å²) in [7, 11) is 0. The molecule has 4 nitrogen and oxygen atoms in total. The van der Waals surface area contributed by atoms with Gasteiger partial charge >= 0.3 is 5.97 Å². The van der Waals surface area contributed by atoms with Crippen LogP contribution in [0.1, 0.15) is 60.2 Å². The highest BCUT2D eigenvalue weighted by Crippen LogP contribution is 2.45. The third kappa shape index (κ3) is 1.59. The molecule has 98 valence electrons. The smallest absolute Gasteiger partial charge is 0.337 e. The SMILES string of the molecule is O=C(O)c1cccc2c1nc(C1CC1)n2C1CCC1. The molecular formula is C15H16N2O2. The molecule has 0 radical (unpaired) electrons. The maximum Gasteiger partial charge on any atom is 0.337 e. The van der Waals surface area contributed by atoms with Gasteiger partial charge < -0.3 is 9.67 Å². The van der Waals surface area contributed by atoms with Crippen molar-refractivity contribution in [2.45, 2.75) is 44.1 Å². The summed E-state index contributed by atoms with van der Waals surface area (Å²) in [4.78, 5) is 16.0. The van der Waals surface area contributed by atoms with Gasteiger partial charge in [0.25, 0.3) is 0 Å². The number of carboxylic acids is 1. The Bertz CT molecular complexity index is 666. The minimum absolute atomic E-state index is 0.331. The molecule has 0 aliphatic heterocycles. The number of benzene rings is 1. The number of carbonyl (C=O) groups is 1. The van der Waals surface area contributed by atoms with E-state index in [9.17, 15) is 9.90 Å². The molecule has 0 unspecified atom stereocenters. The Morgan fingerprint density at radius 3 is 2.63 bits per heavy atom. The summed E-state index contributed by atoms with van der Waals surface area (Å²) in [5.41, 5.74) is 2.01. The van der Waals surface area contributed by atoms with Gasteiger partial charge in [-0.3, -0.25) is 0 Å². The van der Waals surface area contributed by atoms with E-state index in [0.717, 1.165) is 11.3 Å². The number of hydrogen-bond donors (Lipinski definition) is 1. The summed E-state index contributed by atoms with van der Waals surface area (Å²) in [5.74, 6) is 0.786. The molecule has 0 amide bonds. The van der Waals surface area contributed by atoms with Crippen LogP contribution in [0, 0.1) is 0 Å². The Labute approximate surface area is 111 Å². The Balaban J connectivity index is 1.98. The zero-order chi connectivity index (χ0) is 13.0. The van der Waals surface area contributed by atoms with Gasteiger partial charge in [-0.15, -0.1) is 0 Å². The summed E-state index contributed by atoms with van der Waals surface area (Å²) in [6, 6.07) is 6.03. The fourth-order valence-corrected chi connectivity index (χ4v) is 2.97. The van der Waals surface area contributed by atoms with Gasteiger partial charge in [0.2, 0.25) is 0 Å². The number of rotatable bonds is 3. The molecule has 0 spiro atoms. The van der Waals surface area contributed by atoms with Gasteiger partial charge in [0.15, 0.2) is 0 Å².